The van der Waals surface area contributed by atoms with E-state index >= 15 is 0 Å². The molecule has 0 saturated carbocycles. The summed E-state index contributed by atoms with van der Waals surface area (Å²) in [6.07, 6.45) is 4.85. The van der Waals surface area contributed by atoms with E-state index in [1.807, 2.05) is 71.6 Å². The Morgan fingerprint density at radius 3 is 1.83 bits per heavy atom. The Bertz CT molecular complexity index is 1680. The van der Waals surface area contributed by atoms with Gasteiger partial charge in [0, 0.05) is 23.1 Å². The molecule has 0 spiro atoms. The molecule has 4 aromatic carbocycles. The van der Waals surface area contributed by atoms with Gasteiger partial charge >= 0.3 is 5.97 Å². The minimum absolute atomic E-state index is 0.305. The van der Waals surface area contributed by atoms with E-state index in [9.17, 15) is 20.4 Å². The van der Waals surface area contributed by atoms with Crippen LogP contribution in [0.15, 0.2) is 90.7 Å². The fourth-order valence-electron chi connectivity index (χ4n) is 4.17. The normalized spacial score (nSPS) is 11.0. The second kappa shape index (κ2) is 12.7. The van der Waals surface area contributed by atoms with Crippen molar-refractivity contribution in [2.75, 3.05) is 19.1 Å². The highest BCUT2D eigenvalue weighted by molar-refractivity contribution is 5.91. The molecule has 0 heterocycles. The first kappa shape index (κ1) is 28.0. The molecule has 2 N–H and O–H groups in total. The lowest BCUT2D eigenvalue weighted by Crippen LogP contribution is -2.10. The van der Waals surface area contributed by atoms with E-state index in [2.05, 4.69) is 12.1 Å². The van der Waals surface area contributed by atoms with Crippen molar-refractivity contribution in [3.63, 3.8) is 0 Å². The van der Waals surface area contributed by atoms with Gasteiger partial charge in [-0.15, -0.1) is 0 Å². The van der Waals surface area contributed by atoms with Gasteiger partial charge in [-0.2, -0.15) is 10.5 Å². The zero-order chi connectivity index (χ0) is 29.4. The SMILES string of the molecule is COc1cc(/C=C/c2ccc(N(c3ccc(C#N)cc3)c3cccc(C#N)c3)cc2)cc(OC)c1/C=C(\O)C(=O)O. The highest BCUT2D eigenvalue weighted by atomic mass is 16.5. The van der Waals surface area contributed by atoms with Crippen LogP contribution in [0, 0.1) is 22.7 Å². The summed E-state index contributed by atoms with van der Waals surface area (Å²) in [4.78, 5) is 13.1. The van der Waals surface area contributed by atoms with Crippen molar-refractivity contribution in [3.05, 3.63) is 119 Å². The Morgan fingerprint density at radius 1 is 0.732 bits per heavy atom. The molecule has 8 nitrogen and oxygen atoms in total. The van der Waals surface area contributed by atoms with Gasteiger partial charge in [-0.25, -0.2) is 4.79 Å². The van der Waals surface area contributed by atoms with Crippen LogP contribution in [-0.2, 0) is 4.79 Å². The molecule has 0 bridgehead atoms. The van der Waals surface area contributed by atoms with E-state index in [0.29, 0.717) is 28.2 Å². The lowest BCUT2D eigenvalue weighted by molar-refractivity contribution is -0.135. The number of methoxy groups -OCH3 is 2. The van der Waals surface area contributed by atoms with Crippen LogP contribution in [0.3, 0.4) is 0 Å². The summed E-state index contributed by atoms with van der Waals surface area (Å²) in [6.45, 7) is 0. The molecule has 0 radical (unpaired) electrons. The van der Waals surface area contributed by atoms with Crippen LogP contribution >= 0.6 is 0 Å². The summed E-state index contributed by atoms with van der Waals surface area (Å²) in [7, 11) is 2.89. The van der Waals surface area contributed by atoms with Crippen molar-refractivity contribution in [1.82, 2.24) is 0 Å². The topological polar surface area (TPSA) is 127 Å². The van der Waals surface area contributed by atoms with Crippen LogP contribution in [0.1, 0.15) is 27.8 Å². The maximum Gasteiger partial charge on any atom is 0.370 e. The van der Waals surface area contributed by atoms with Crippen molar-refractivity contribution in [1.29, 1.82) is 10.5 Å². The molecule has 0 amide bonds. The minimum atomic E-state index is -1.46. The second-order valence-corrected chi connectivity index (χ2v) is 8.75. The van der Waals surface area contributed by atoms with E-state index in [1.54, 1.807) is 30.3 Å². The summed E-state index contributed by atoms with van der Waals surface area (Å²) >= 11 is 0. The lowest BCUT2D eigenvalue weighted by Gasteiger charge is -2.25. The van der Waals surface area contributed by atoms with Gasteiger partial charge in [0.05, 0.1) is 43.0 Å². The number of carboxylic acid groups (broad SMARTS) is 1. The van der Waals surface area contributed by atoms with E-state index in [4.69, 9.17) is 14.6 Å². The number of hydrogen-bond donors (Lipinski definition) is 2. The van der Waals surface area contributed by atoms with Crippen molar-refractivity contribution in [2.45, 2.75) is 0 Å². The van der Waals surface area contributed by atoms with Crippen LogP contribution in [0.2, 0.25) is 0 Å². The molecule has 4 aromatic rings. The zero-order valence-corrected chi connectivity index (χ0v) is 22.3. The second-order valence-electron chi connectivity index (χ2n) is 8.75. The maximum absolute atomic E-state index is 11.1. The van der Waals surface area contributed by atoms with Gasteiger partial charge in [0.15, 0.2) is 0 Å². The molecule has 0 fully saturated rings. The number of aliphatic hydroxyl groups excluding tert-OH is 1. The summed E-state index contributed by atoms with van der Waals surface area (Å²) in [6, 6.07) is 30.1. The van der Waals surface area contributed by atoms with Crippen LogP contribution in [0.5, 0.6) is 11.5 Å². The average Bonchev–Trinajstić information content (AvgIpc) is 3.01. The summed E-state index contributed by atoms with van der Waals surface area (Å²) in [5, 5.41) is 37.4. The van der Waals surface area contributed by atoms with Crippen molar-refractivity contribution >= 4 is 41.3 Å². The number of carbonyl (C=O) groups is 1. The third-order valence-corrected chi connectivity index (χ3v) is 6.17. The molecule has 41 heavy (non-hydrogen) atoms. The van der Waals surface area contributed by atoms with E-state index in [0.717, 1.165) is 34.3 Å². The van der Waals surface area contributed by atoms with Crippen molar-refractivity contribution in [3.8, 4) is 23.6 Å². The summed E-state index contributed by atoms with van der Waals surface area (Å²) in [5.74, 6) is -1.62. The van der Waals surface area contributed by atoms with Gasteiger partial charge in [-0.05, 0) is 77.9 Å². The molecule has 0 aliphatic carbocycles. The van der Waals surface area contributed by atoms with Crippen LogP contribution in [0.25, 0.3) is 18.2 Å². The maximum atomic E-state index is 11.1. The highest BCUT2D eigenvalue weighted by Gasteiger charge is 2.15. The predicted octanol–water partition coefficient (Wildman–Crippen LogP) is 7.07. The third kappa shape index (κ3) is 6.54. The molecular formula is C33H25N3O5. The first-order chi connectivity index (χ1) is 19.9. The number of benzene rings is 4. The number of carboxylic acids is 1. The molecule has 0 saturated heterocycles. The molecule has 8 heteroatoms. The number of anilines is 3. The van der Waals surface area contributed by atoms with Crippen molar-refractivity contribution in [2.24, 2.45) is 0 Å². The van der Waals surface area contributed by atoms with Crippen LogP contribution in [-0.4, -0.2) is 30.4 Å². The van der Waals surface area contributed by atoms with Crippen LogP contribution in [0.4, 0.5) is 17.1 Å². The van der Waals surface area contributed by atoms with Gasteiger partial charge in [0.1, 0.15) is 11.5 Å². The molecule has 0 aliphatic heterocycles. The predicted molar refractivity (Wildman–Crippen MR) is 157 cm³/mol. The molecule has 202 valence electrons. The fraction of sp³-hybridized carbons (Fsp3) is 0.0606. The first-order valence-corrected chi connectivity index (χ1v) is 12.4. The Morgan fingerprint density at radius 2 is 1.29 bits per heavy atom. The van der Waals surface area contributed by atoms with Gasteiger partial charge in [-0.1, -0.05) is 30.4 Å². The summed E-state index contributed by atoms with van der Waals surface area (Å²) in [5.41, 5.74) is 5.54. The van der Waals surface area contributed by atoms with E-state index in [-0.39, 0.29) is 0 Å². The number of nitriles is 2. The fourth-order valence-corrected chi connectivity index (χ4v) is 4.17. The van der Waals surface area contributed by atoms with Gasteiger partial charge < -0.3 is 24.6 Å². The van der Waals surface area contributed by atoms with Gasteiger partial charge in [0.25, 0.3) is 0 Å². The Hall–Kier alpha value is -5.99. The molecule has 0 atom stereocenters. The Labute approximate surface area is 237 Å². The van der Waals surface area contributed by atoms with E-state index in [1.165, 1.54) is 14.2 Å². The van der Waals surface area contributed by atoms with Gasteiger partial charge in [0.2, 0.25) is 5.76 Å². The number of hydrogen-bond acceptors (Lipinski definition) is 7. The summed E-state index contributed by atoms with van der Waals surface area (Å²) < 4.78 is 10.8. The molecule has 4 rings (SSSR count). The monoisotopic (exact) mass is 543 g/mol. The highest BCUT2D eigenvalue weighted by Crippen LogP contribution is 2.36. The smallest absolute Gasteiger partial charge is 0.370 e. The quantitative estimate of drug-likeness (QED) is 0.130. The third-order valence-electron chi connectivity index (χ3n) is 6.17. The number of aliphatic hydroxyl groups is 1. The number of rotatable bonds is 9. The molecule has 0 unspecified atom stereocenters. The minimum Gasteiger partial charge on any atom is -0.502 e. The molecular weight excluding hydrogens is 518 g/mol. The number of aliphatic carboxylic acids is 1. The van der Waals surface area contributed by atoms with Crippen molar-refractivity contribution < 1.29 is 24.5 Å². The molecule has 0 aliphatic rings. The molecule has 0 aromatic heterocycles. The first-order valence-electron chi connectivity index (χ1n) is 12.4. The number of nitrogens with zero attached hydrogens (tertiary/aromatic N) is 3. The van der Waals surface area contributed by atoms with Gasteiger partial charge in [-0.3, -0.25) is 0 Å². The Kier molecular flexibility index (Phi) is 8.69. The average molecular weight is 544 g/mol. The zero-order valence-electron chi connectivity index (χ0n) is 22.3. The Balaban J connectivity index is 1.67. The van der Waals surface area contributed by atoms with E-state index < -0.39 is 11.7 Å². The standard InChI is InChI=1S/C33H25N3O5/c1-40-31-17-24(18-32(41-2)29(31)19-30(37)33(38)39)7-6-22-8-12-26(13-9-22)36(27-14-10-23(20-34)11-15-27)28-5-3-4-25(16-28)21-35/h3-19,37H,1-2H3,(H,38,39)/b7-6+,30-19-. The van der Waals surface area contributed by atoms with Crippen LogP contribution < -0.4 is 14.4 Å². The lowest BCUT2D eigenvalue weighted by atomic mass is 10.1. The largest absolute Gasteiger partial charge is 0.502 e. The number of ether oxygens (including phenoxy) is 2.